The van der Waals surface area contributed by atoms with Crippen molar-refractivity contribution in [3.8, 4) is 0 Å². The third-order valence-corrected chi connectivity index (χ3v) is 2.17. The Hall–Kier alpha value is -0.810. The highest BCUT2D eigenvalue weighted by Crippen LogP contribution is 2.35. The van der Waals surface area contributed by atoms with E-state index in [1.165, 1.54) is 0 Å². The monoisotopic (exact) mass is 257 g/mol. The number of halogens is 5. The molecular formula is C10H12ClF4N. The van der Waals surface area contributed by atoms with Gasteiger partial charge in [-0.2, -0.15) is 13.2 Å². The van der Waals surface area contributed by atoms with Crippen LogP contribution in [0, 0.1) is 5.82 Å². The summed E-state index contributed by atoms with van der Waals surface area (Å²) in [6.07, 6.45) is -4.31. The van der Waals surface area contributed by atoms with Crippen LogP contribution < -0.4 is 5.73 Å². The van der Waals surface area contributed by atoms with Gasteiger partial charge in [-0.05, 0) is 18.6 Å². The smallest absolute Gasteiger partial charge is 0.324 e. The normalized spacial score (nSPS) is 13.1. The van der Waals surface area contributed by atoms with Gasteiger partial charge in [0.05, 0.1) is 5.56 Å². The first-order chi connectivity index (χ1) is 6.88. The summed E-state index contributed by atoms with van der Waals surface area (Å²) >= 11 is 0. The molecule has 1 aromatic carbocycles. The molecule has 1 atom stereocenters. The molecule has 0 unspecified atom stereocenters. The molecule has 0 bridgehead atoms. The van der Waals surface area contributed by atoms with E-state index in [2.05, 4.69) is 0 Å². The molecule has 92 valence electrons. The van der Waals surface area contributed by atoms with E-state index >= 15 is 0 Å². The molecule has 0 fully saturated rings. The molecule has 0 heterocycles. The third-order valence-electron chi connectivity index (χ3n) is 2.17. The minimum atomic E-state index is -4.57. The second-order valence-electron chi connectivity index (χ2n) is 3.21. The second kappa shape index (κ2) is 5.50. The minimum Gasteiger partial charge on any atom is -0.324 e. The Bertz CT molecular complexity index is 351. The Balaban J connectivity index is 0.00000225. The van der Waals surface area contributed by atoms with Gasteiger partial charge in [-0.1, -0.05) is 13.0 Å². The molecule has 0 saturated carbocycles. The summed E-state index contributed by atoms with van der Waals surface area (Å²) in [5.74, 6) is -0.904. The lowest BCUT2D eigenvalue weighted by Gasteiger charge is -2.17. The van der Waals surface area contributed by atoms with Crippen LogP contribution in [0.4, 0.5) is 17.6 Å². The summed E-state index contributed by atoms with van der Waals surface area (Å²) in [6, 6.07) is 1.93. The number of hydrogen-bond donors (Lipinski definition) is 1. The topological polar surface area (TPSA) is 26.0 Å². The Morgan fingerprint density at radius 3 is 2.31 bits per heavy atom. The molecular weight excluding hydrogens is 246 g/mol. The molecule has 0 amide bonds. The number of hydrogen-bond acceptors (Lipinski definition) is 1. The third kappa shape index (κ3) is 3.09. The first kappa shape index (κ1) is 15.2. The number of benzene rings is 1. The summed E-state index contributed by atoms with van der Waals surface area (Å²) in [4.78, 5) is 0. The molecule has 16 heavy (non-hydrogen) atoms. The van der Waals surface area contributed by atoms with Crippen LogP contribution in [0.2, 0.25) is 0 Å². The Morgan fingerprint density at radius 2 is 1.88 bits per heavy atom. The lowest BCUT2D eigenvalue weighted by molar-refractivity contribution is -0.138. The first-order valence-electron chi connectivity index (χ1n) is 4.49. The van der Waals surface area contributed by atoms with Gasteiger partial charge < -0.3 is 5.73 Å². The van der Waals surface area contributed by atoms with E-state index in [1.54, 1.807) is 6.92 Å². The minimum absolute atomic E-state index is 0. The van der Waals surface area contributed by atoms with E-state index in [0.29, 0.717) is 0 Å². The van der Waals surface area contributed by atoms with Gasteiger partial charge in [0.1, 0.15) is 5.82 Å². The Kier molecular flexibility index (Phi) is 5.22. The van der Waals surface area contributed by atoms with Crippen molar-refractivity contribution in [3.63, 3.8) is 0 Å². The zero-order chi connectivity index (χ0) is 11.6. The van der Waals surface area contributed by atoms with Crippen molar-refractivity contribution in [2.24, 2.45) is 5.73 Å². The Labute approximate surface area is 97.0 Å². The van der Waals surface area contributed by atoms with Gasteiger partial charge >= 0.3 is 6.18 Å². The molecule has 1 aromatic rings. The maximum atomic E-state index is 13.2. The average Bonchev–Trinajstić information content (AvgIpc) is 2.15. The largest absolute Gasteiger partial charge is 0.416 e. The highest BCUT2D eigenvalue weighted by atomic mass is 35.5. The molecule has 0 aromatic heterocycles. The predicted octanol–water partition coefficient (Wildman–Crippen LogP) is 3.68. The van der Waals surface area contributed by atoms with Crippen LogP contribution in [-0.2, 0) is 6.18 Å². The van der Waals surface area contributed by atoms with Crippen LogP contribution in [0.15, 0.2) is 18.2 Å². The molecule has 0 saturated heterocycles. The summed E-state index contributed by atoms with van der Waals surface area (Å²) in [6.45, 7) is 1.61. The summed E-state index contributed by atoms with van der Waals surface area (Å²) in [7, 11) is 0. The standard InChI is InChI=1S/C10H11F4N.ClH/c1-2-8(15)9-6(10(12,13)14)4-3-5-7(9)11;/h3-5,8H,2,15H2,1H3;1H/t8-;/m1./s1. The van der Waals surface area contributed by atoms with Crippen molar-refractivity contribution in [2.45, 2.75) is 25.6 Å². The highest BCUT2D eigenvalue weighted by molar-refractivity contribution is 5.85. The van der Waals surface area contributed by atoms with Gasteiger partial charge in [-0.15, -0.1) is 12.4 Å². The van der Waals surface area contributed by atoms with Gasteiger partial charge in [0.2, 0.25) is 0 Å². The molecule has 1 nitrogen and oxygen atoms in total. The molecule has 1 rings (SSSR count). The SMILES string of the molecule is CC[C@@H](N)c1c(F)cccc1C(F)(F)F.Cl. The molecule has 2 N–H and O–H groups in total. The van der Waals surface area contributed by atoms with Crippen LogP contribution in [0.1, 0.15) is 30.5 Å². The van der Waals surface area contributed by atoms with Crippen LogP contribution in [-0.4, -0.2) is 0 Å². The van der Waals surface area contributed by atoms with Gasteiger partial charge in [0.25, 0.3) is 0 Å². The van der Waals surface area contributed by atoms with Crippen molar-refractivity contribution < 1.29 is 17.6 Å². The maximum absolute atomic E-state index is 13.2. The fraction of sp³-hybridized carbons (Fsp3) is 0.400. The molecule has 0 radical (unpaired) electrons. The lowest BCUT2D eigenvalue weighted by Crippen LogP contribution is -2.18. The zero-order valence-corrected chi connectivity index (χ0v) is 9.33. The van der Waals surface area contributed by atoms with Crippen molar-refractivity contribution in [2.75, 3.05) is 0 Å². The summed E-state index contributed by atoms with van der Waals surface area (Å²) in [5.41, 5.74) is 4.01. The molecule has 0 spiro atoms. The quantitative estimate of drug-likeness (QED) is 0.804. The van der Waals surface area contributed by atoms with Crippen molar-refractivity contribution >= 4 is 12.4 Å². The number of alkyl halides is 3. The van der Waals surface area contributed by atoms with E-state index in [0.717, 1.165) is 18.2 Å². The lowest BCUT2D eigenvalue weighted by atomic mass is 9.98. The second-order valence-corrected chi connectivity index (χ2v) is 3.21. The highest BCUT2D eigenvalue weighted by Gasteiger charge is 2.35. The average molecular weight is 258 g/mol. The van der Waals surface area contributed by atoms with E-state index in [4.69, 9.17) is 5.73 Å². The fourth-order valence-corrected chi connectivity index (χ4v) is 1.37. The van der Waals surface area contributed by atoms with E-state index in [-0.39, 0.29) is 18.8 Å². The van der Waals surface area contributed by atoms with Crippen LogP contribution in [0.5, 0.6) is 0 Å². The van der Waals surface area contributed by atoms with Gasteiger partial charge in [-0.25, -0.2) is 4.39 Å². The molecule has 0 aliphatic carbocycles. The number of rotatable bonds is 2. The molecule has 0 aliphatic rings. The summed E-state index contributed by atoms with van der Waals surface area (Å²) < 4.78 is 50.7. The maximum Gasteiger partial charge on any atom is 0.416 e. The van der Waals surface area contributed by atoms with Crippen molar-refractivity contribution in [1.82, 2.24) is 0 Å². The number of nitrogens with two attached hydrogens (primary N) is 1. The fourth-order valence-electron chi connectivity index (χ4n) is 1.37. The summed E-state index contributed by atoms with van der Waals surface area (Å²) in [5, 5.41) is 0. The molecule has 0 aliphatic heterocycles. The van der Waals surface area contributed by atoms with Crippen LogP contribution in [0.25, 0.3) is 0 Å². The van der Waals surface area contributed by atoms with Gasteiger partial charge in [0, 0.05) is 11.6 Å². The van der Waals surface area contributed by atoms with Gasteiger partial charge in [-0.3, -0.25) is 0 Å². The van der Waals surface area contributed by atoms with Crippen LogP contribution >= 0.6 is 12.4 Å². The van der Waals surface area contributed by atoms with Crippen LogP contribution in [0.3, 0.4) is 0 Å². The predicted molar refractivity (Wildman–Crippen MR) is 55.9 cm³/mol. The van der Waals surface area contributed by atoms with Crippen molar-refractivity contribution in [3.05, 3.63) is 35.1 Å². The Morgan fingerprint density at radius 1 is 1.31 bits per heavy atom. The van der Waals surface area contributed by atoms with Crippen molar-refractivity contribution in [1.29, 1.82) is 0 Å². The zero-order valence-electron chi connectivity index (χ0n) is 8.51. The van der Waals surface area contributed by atoms with Gasteiger partial charge in [0.15, 0.2) is 0 Å². The molecule has 6 heteroatoms. The van der Waals surface area contributed by atoms with E-state index in [9.17, 15) is 17.6 Å². The van der Waals surface area contributed by atoms with E-state index < -0.39 is 29.2 Å². The van der Waals surface area contributed by atoms with E-state index in [1.807, 2.05) is 0 Å². The first-order valence-corrected chi connectivity index (χ1v) is 4.49.